The van der Waals surface area contributed by atoms with Crippen molar-refractivity contribution in [3.05, 3.63) is 29.8 Å². The maximum absolute atomic E-state index is 13.0. The summed E-state index contributed by atoms with van der Waals surface area (Å²) in [5, 5.41) is 11.1. The topological polar surface area (TPSA) is 91.3 Å². The number of rotatable bonds is 16. The van der Waals surface area contributed by atoms with E-state index in [0.29, 0.717) is 29.7 Å². The average molecular weight is 617 g/mol. The van der Waals surface area contributed by atoms with Crippen molar-refractivity contribution in [1.29, 1.82) is 0 Å². The van der Waals surface area contributed by atoms with Crippen molar-refractivity contribution in [3.63, 3.8) is 0 Å². The molecule has 1 fully saturated rings. The molecule has 5 atom stereocenters. The van der Waals surface area contributed by atoms with Crippen LogP contribution in [-0.4, -0.2) is 63.6 Å². The fourth-order valence-electron chi connectivity index (χ4n) is 6.61. The van der Waals surface area contributed by atoms with Gasteiger partial charge in [0.05, 0.1) is 51.7 Å². The Bertz CT molecular complexity index is 1030. The Balaban J connectivity index is 2.13. The fraction of sp³-hybridized carbons (Fsp3) is 0.714. The summed E-state index contributed by atoms with van der Waals surface area (Å²) in [7, 11) is 1.07. The third kappa shape index (κ3) is 11.4. The molecule has 0 amide bonds. The molecule has 1 aromatic carbocycles. The lowest BCUT2D eigenvalue weighted by Gasteiger charge is -2.38. The predicted octanol–water partition coefficient (Wildman–Crippen LogP) is 7.04. The van der Waals surface area contributed by atoms with Crippen LogP contribution in [0.15, 0.2) is 24.3 Å². The van der Waals surface area contributed by atoms with Crippen LogP contribution < -0.4 is 4.74 Å². The lowest BCUT2D eigenvalue weighted by atomic mass is 9.94. The molecular weight excluding hydrogens is 560 g/mol. The molecule has 0 aromatic heterocycles. The Labute approximate surface area is 261 Å². The summed E-state index contributed by atoms with van der Waals surface area (Å²) < 4.78 is 22.5. The Morgan fingerprint density at radius 3 is 2.07 bits per heavy atom. The number of hydrogen-bond acceptors (Lipinski definition) is 7. The van der Waals surface area contributed by atoms with Crippen LogP contribution in [0, 0.1) is 17.4 Å². The van der Waals surface area contributed by atoms with E-state index in [1.165, 1.54) is 7.11 Å². The number of esters is 1. The second-order valence-electron chi connectivity index (χ2n) is 13.1. The zero-order valence-electron chi connectivity index (χ0n) is 28.0. The minimum atomic E-state index is -1.93. The van der Waals surface area contributed by atoms with E-state index in [0.717, 1.165) is 30.6 Å². The molecule has 0 radical (unpaired) electrons. The Morgan fingerprint density at radius 1 is 0.953 bits per heavy atom. The van der Waals surface area contributed by atoms with Crippen LogP contribution in [0.25, 0.3) is 0 Å². The van der Waals surface area contributed by atoms with Crippen LogP contribution >= 0.6 is 0 Å². The van der Waals surface area contributed by atoms with Gasteiger partial charge in [-0.15, -0.1) is 11.5 Å². The summed E-state index contributed by atoms with van der Waals surface area (Å²) in [5.41, 5.74) is 6.36. The smallest absolute Gasteiger partial charge is 0.308 e. The molecule has 1 N–H and O–H groups in total. The number of carbonyl (C=O) groups excluding carboxylic acids is 2. The number of carbonyl (C=O) groups is 2. The van der Waals surface area contributed by atoms with E-state index in [1.54, 1.807) is 7.11 Å². The van der Waals surface area contributed by atoms with E-state index in [2.05, 4.69) is 59.9 Å². The number of ether oxygens (including phenoxy) is 4. The minimum absolute atomic E-state index is 0.0345. The quantitative estimate of drug-likeness (QED) is 0.121. The number of aliphatic hydroxyl groups excluding tert-OH is 1. The Morgan fingerprint density at radius 2 is 1.53 bits per heavy atom. The highest BCUT2D eigenvalue weighted by atomic mass is 28.3. The first-order chi connectivity index (χ1) is 20.3. The summed E-state index contributed by atoms with van der Waals surface area (Å²) in [5.74, 6) is 3.90. The zero-order chi connectivity index (χ0) is 32.2. The van der Waals surface area contributed by atoms with E-state index >= 15 is 0 Å². The van der Waals surface area contributed by atoms with E-state index in [4.69, 9.17) is 18.9 Å². The van der Waals surface area contributed by atoms with Crippen LogP contribution in [0.1, 0.15) is 99.0 Å². The number of hydrogen-bond donors (Lipinski definition) is 1. The molecule has 1 aromatic rings. The van der Waals surface area contributed by atoms with Gasteiger partial charge in [0.25, 0.3) is 0 Å². The molecule has 0 aliphatic carbocycles. The molecule has 242 valence electrons. The van der Waals surface area contributed by atoms with Gasteiger partial charge in [-0.2, -0.15) is 0 Å². The van der Waals surface area contributed by atoms with Crippen molar-refractivity contribution in [2.45, 2.75) is 141 Å². The molecule has 0 unspecified atom stereocenters. The predicted molar refractivity (Wildman–Crippen MR) is 174 cm³/mol. The van der Waals surface area contributed by atoms with Crippen LogP contribution in [-0.2, 0) is 30.4 Å². The molecule has 1 aliphatic heterocycles. The van der Waals surface area contributed by atoms with Crippen LogP contribution in [0.2, 0.25) is 16.6 Å². The van der Waals surface area contributed by atoms with Crippen LogP contribution in [0.3, 0.4) is 0 Å². The highest BCUT2D eigenvalue weighted by Gasteiger charge is 2.42. The summed E-state index contributed by atoms with van der Waals surface area (Å²) in [4.78, 5) is 24.6. The molecule has 2 rings (SSSR count). The van der Waals surface area contributed by atoms with Gasteiger partial charge < -0.3 is 24.1 Å². The molecule has 8 heteroatoms. The first-order valence-electron chi connectivity index (χ1n) is 16.0. The normalized spacial score (nSPS) is 19.5. The lowest BCUT2D eigenvalue weighted by molar-refractivity contribution is -0.147. The Hall–Kier alpha value is -2.18. The highest BCUT2D eigenvalue weighted by molar-refractivity contribution is 6.90. The molecule has 0 spiro atoms. The number of Topliss-reactive ketones (excluding diaryl/α,β-unsaturated/α-hetero) is 1. The van der Waals surface area contributed by atoms with Crippen LogP contribution in [0.5, 0.6) is 5.75 Å². The molecule has 0 saturated carbocycles. The molecule has 7 nitrogen and oxygen atoms in total. The second-order valence-corrected chi connectivity index (χ2v) is 18.7. The van der Waals surface area contributed by atoms with Crippen molar-refractivity contribution in [1.82, 2.24) is 0 Å². The standard InChI is InChI=1S/C35H56O7Si/c1-24(2)43(25(3)4,26(5)6)18-17-27(7)34(41-23-28-13-15-31(39-8)16-14-28)21-30(37)19-29(36)20-32-11-10-12-33(42-32)22-35(38)40-9/h13-16,24-27,30,32-34,37H,10-12,19-23H2,1-9H3/t27-,30-,32-,33+,34+/m0/s1. The maximum atomic E-state index is 13.0. The summed E-state index contributed by atoms with van der Waals surface area (Å²) in [6, 6.07) is 7.75. The van der Waals surface area contributed by atoms with E-state index in [-0.39, 0.29) is 55.2 Å². The number of ketones is 1. The number of aliphatic hydroxyl groups is 1. The third-order valence-corrected chi connectivity index (χ3v) is 15.4. The Kier molecular flexibility index (Phi) is 15.4. The first-order valence-corrected chi connectivity index (χ1v) is 18.2. The molecule has 1 aliphatic rings. The average Bonchev–Trinajstić information content (AvgIpc) is 2.95. The molecule has 0 bridgehead atoms. The molecule has 1 saturated heterocycles. The van der Waals surface area contributed by atoms with Crippen molar-refractivity contribution < 1.29 is 33.6 Å². The first kappa shape index (κ1) is 37.0. The molecular formula is C35H56O7Si. The van der Waals surface area contributed by atoms with Gasteiger partial charge >= 0.3 is 5.97 Å². The van der Waals surface area contributed by atoms with E-state index < -0.39 is 14.2 Å². The van der Waals surface area contributed by atoms with Crippen molar-refractivity contribution in [2.24, 2.45) is 5.92 Å². The second kappa shape index (κ2) is 17.9. The fourth-order valence-corrected chi connectivity index (χ4v) is 12.0. The van der Waals surface area contributed by atoms with Gasteiger partial charge in [0.2, 0.25) is 0 Å². The van der Waals surface area contributed by atoms with Gasteiger partial charge in [-0.1, -0.05) is 53.7 Å². The van der Waals surface area contributed by atoms with Gasteiger partial charge in [0.1, 0.15) is 19.6 Å². The largest absolute Gasteiger partial charge is 0.497 e. The van der Waals surface area contributed by atoms with Crippen molar-refractivity contribution in [2.75, 3.05) is 14.2 Å². The lowest BCUT2D eigenvalue weighted by Crippen LogP contribution is -2.43. The van der Waals surface area contributed by atoms with Gasteiger partial charge in [-0.25, -0.2) is 0 Å². The zero-order valence-corrected chi connectivity index (χ0v) is 29.0. The number of methoxy groups -OCH3 is 2. The molecule has 1 heterocycles. The maximum Gasteiger partial charge on any atom is 0.308 e. The number of benzene rings is 1. The summed E-state index contributed by atoms with van der Waals surface area (Å²) in [6.45, 7) is 16.2. The SMILES string of the molecule is COC(=O)C[C@H]1CCC[C@@H](CC(=O)C[C@H](O)C[C@@H](OCc2ccc(OC)cc2)[C@@H](C)C#C[Si](C(C)C)(C(C)C)C(C)C)O1. The monoisotopic (exact) mass is 616 g/mol. The highest BCUT2D eigenvalue weighted by Crippen LogP contribution is 2.41. The minimum Gasteiger partial charge on any atom is -0.497 e. The van der Waals surface area contributed by atoms with Gasteiger partial charge in [0, 0.05) is 25.2 Å². The van der Waals surface area contributed by atoms with Gasteiger partial charge in [0.15, 0.2) is 0 Å². The van der Waals surface area contributed by atoms with Crippen molar-refractivity contribution in [3.8, 4) is 17.2 Å². The van der Waals surface area contributed by atoms with E-state index in [9.17, 15) is 14.7 Å². The van der Waals surface area contributed by atoms with Gasteiger partial charge in [-0.3, -0.25) is 9.59 Å². The summed E-state index contributed by atoms with van der Waals surface area (Å²) >= 11 is 0. The van der Waals surface area contributed by atoms with Crippen molar-refractivity contribution >= 4 is 19.8 Å². The summed E-state index contributed by atoms with van der Waals surface area (Å²) in [6.07, 6.45) is 1.57. The van der Waals surface area contributed by atoms with Crippen LogP contribution in [0.4, 0.5) is 0 Å². The van der Waals surface area contributed by atoms with Gasteiger partial charge in [-0.05, 0) is 60.5 Å². The molecule has 43 heavy (non-hydrogen) atoms. The van der Waals surface area contributed by atoms with E-state index in [1.807, 2.05) is 24.3 Å². The third-order valence-electron chi connectivity index (χ3n) is 9.05.